The first kappa shape index (κ1) is 17.4. The quantitative estimate of drug-likeness (QED) is 0.846. The molecule has 6 heteroatoms. The molecule has 1 N–H and O–H groups in total. The van der Waals surface area contributed by atoms with Crippen LogP contribution in [0.2, 0.25) is 0 Å². The van der Waals surface area contributed by atoms with E-state index in [0.29, 0.717) is 25.3 Å². The summed E-state index contributed by atoms with van der Waals surface area (Å²) in [5, 5.41) is 9.31. The Kier molecular flexibility index (Phi) is 5.61. The van der Waals surface area contributed by atoms with Gasteiger partial charge in [0.25, 0.3) is 0 Å². The van der Waals surface area contributed by atoms with Gasteiger partial charge in [0.15, 0.2) is 0 Å². The van der Waals surface area contributed by atoms with E-state index >= 15 is 0 Å². The Morgan fingerprint density at radius 2 is 1.95 bits per heavy atom. The zero-order chi connectivity index (χ0) is 15.6. The Bertz CT molecular complexity index is 439. The van der Waals surface area contributed by atoms with Crippen LogP contribution in [0.4, 0.5) is 0 Å². The lowest BCUT2D eigenvalue weighted by Gasteiger charge is -2.36. The van der Waals surface area contributed by atoms with Crippen molar-refractivity contribution < 1.29 is 18.3 Å². The second-order valence-electron chi connectivity index (χ2n) is 6.89. The second-order valence-corrected chi connectivity index (χ2v) is 8.93. The van der Waals surface area contributed by atoms with E-state index < -0.39 is 22.0 Å². The first-order valence-electron chi connectivity index (χ1n) is 7.29. The van der Waals surface area contributed by atoms with Crippen LogP contribution in [0.25, 0.3) is 0 Å². The van der Waals surface area contributed by atoms with Gasteiger partial charge in [-0.2, -0.15) is 4.31 Å². The maximum Gasteiger partial charge on any atom is 0.322 e. The zero-order valence-electron chi connectivity index (χ0n) is 12.9. The highest BCUT2D eigenvalue weighted by Gasteiger charge is 2.39. The van der Waals surface area contributed by atoms with Crippen molar-refractivity contribution in [1.29, 1.82) is 0 Å². The van der Waals surface area contributed by atoms with Gasteiger partial charge in [0.1, 0.15) is 6.04 Å². The molecule has 118 valence electrons. The van der Waals surface area contributed by atoms with Crippen molar-refractivity contribution in [3.63, 3.8) is 0 Å². The fourth-order valence-corrected chi connectivity index (χ4v) is 4.55. The van der Waals surface area contributed by atoms with E-state index in [0.717, 1.165) is 12.8 Å². The molecule has 0 aromatic heterocycles. The molecule has 0 aromatic rings. The zero-order valence-corrected chi connectivity index (χ0v) is 13.7. The molecular formula is C14H27NO4S. The van der Waals surface area contributed by atoms with Crippen LogP contribution in [0.1, 0.15) is 53.4 Å². The van der Waals surface area contributed by atoms with Crippen LogP contribution in [0.15, 0.2) is 0 Å². The highest BCUT2D eigenvalue weighted by atomic mass is 32.2. The van der Waals surface area contributed by atoms with E-state index in [2.05, 4.69) is 0 Å². The lowest BCUT2D eigenvalue weighted by atomic mass is 9.90. The molecular weight excluding hydrogens is 278 g/mol. The number of nitrogens with zero attached hydrogens (tertiary/aromatic N) is 1. The lowest BCUT2D eigenvalue weighted by molar-refractivity contribution is -0.143. The monoisotopic (exact) mass is 305 g/mol. The van der Waals surface area contributed by atoms with Crippen LogP contribution in [0.3, 0.4) is 0 Å². The fraction of sp³-hybridized carbons (Fsp3) is 0.929. The van der Waals surface area contributed by atoms with Crippen molar-refractivity contribution in [1.82, 2.24) is 4.31 Å². The summed E-state index contributed by atoms with van der Waals surface area (Å²) in [6, 6.07) is -0.890. The van der Waals surface area contributed by atoms with Crippen molar-refractivity contribution in [3.05, 3.63) is 0 Å². The SMILES string of the molecule is CCC1CCN(S(=O)(=O)CCC(C)(C)C)C(C(=O)O)C1. The molecule has 0 spiro atoms. The third-order valence-electron chi connectivity index (χ3n) is 3.99. The molecule has 2 atom stereocenters. The maximum absolute atomic E-state index is 12.4. The summed E-state index contributed by atoms with van der Waals surface area (Å²) in [4.78, 5) is 11.4. The number of hydrogen-bond donors (Lipinski definition) is 1. The van der Waals surface area contributed by atoms with Gasteiger partial charge in [-0.3, -0.25) is 4.79 Å². The highest BCUT2D eigenvalue weighted by molar-refractivity contribution is 7.89. The van der Waals surface area contributed by atoms with E-state index in [1.165, 1.54) is 4.31 Å². The molecule has 1 rings (SSSR count). The Morgan fingerprint density at radius 1 is 1.35 bits per heavy atom. The predicted molar refractivity (Wildman–Crippen MR) is 79.0 cm³/mol. The van der Waals surface area contributed by atoms with Crippen molar-refractivity contribution in [2.24, 2.45) is 11.3 Å². The third kappa shape index (κ3) is 4.74. The molecule has 1 aliphatic rings. The predicted octanol–water partition coefficient (Wildman–Crippen LogP) is 2.33. The number of rotatable bonds is 5. The van der Waals surface area contributed by atoms with Crippen molar-refractivity contribution in [3.8, 4) is 0 Å². The molecule has 20 heavy (non-hydrogen) atoms. The summed E-state index contributed by atoms with van der Waals surface area (Å²) in [6.45, 7) is 8.32. The molecule has 1 heterocycles. The normalized spacial score (nSPS) is 25.6. The number of piperidine rings is 1. The number of hydrogen-bond acceptors (Lipinski definition) is 3. The minimum absolute atomic E-state index is 0.0249. The van der Waals surface area contributed by atoms with Crippen LogP contribution in [0.5, 0.6) is 0 Å². The number of carboxylic acid groups (broad SMARTS) is 1. The largest absolute Gasteiger partial charge is 0.480 e. The fourth-order valence-electron chi connectivity index (χ4n) is 2.50. The van der Waals surface area contributed by atoms with Crippen LogP contribution >= 0.6 is 0 Å². The van der Waals surface area contributed by atoms with Gasteiger partial charge < -0.3 is 5.11 Å². The average molecular weight is 305 g/mol. The molecule has 0 radical (unpaired) electrons. The summed E-state index contributed by atoms with van der Waals surface area (Å²) in [7, 11) is -3.49. The van der Waals surface area contributed by atoms with Gasteiger partial charge in [0.2, 0.25) is 10.0 Å². The van der Waals surface area contributed by atoms with Gasteiger partial charge in [-0.15, -0.1) is 0 Å². The summed E-state index contributed by atoms with van der Waals surface area (Å²) in [5.41, 5.74) is -0.0759. The number of sulfonamides is 1. The molecule has 1 saturated heterocycles. The molecule has 0 aromatic carbocycles. The minimum Gasteiger partial charge on any atom is -0.480 e. The van der Waals surface area contributed by atoms with Crippen molar-refractivity contribution in [2.75, 3.05) is 12.3 Å². The van der Waals surface area contributed by atoms with E-state index in [9.17, 15) is 18.3 Å². The van der Waals surface area contributed by atoms with Gasteiger partial charge in [0.05, 0.1) is 5.75 Å². The molecule has 2 unspecified atom stereocenters. The Labute approximate surface area is 122 Å². The van der Waals surface area contributed by atoms with E-state index in [1.54, 1.807) is 0 Å². The van der Waals surface area contributed by atoms with Crippen LogP contribution in [0, 0.1) is 11.3 Å². The summed E-state index contributed by atoms with van der Waals surface area (Å²) in [6.07, 6.45) is 2.63. The van der Waals surface area contributed by atoms with E-state index in [4.69, 9.17) is 0 Å². The standard InChI is InChI=1S/C14H27NO4S/c1-5-11-6-8-15(12(10-11)13(16)17)20(18,19)9-7-14(2,3)4/h11-12H,5-10H2,1-4H3,(H,16,17). The number of carboxylic acids is 1. The van der Waals surface area contributed by atoms with Crippen LogP contribution in [-0.2, 0) is 14.8 Å². The smallest absolute Gasteiger partial charge is 0.322 e. The Hall–Kier alpha value is -0.620. The second kappa shape index (κ2) is 6.43. The summed E-state index contributed by atoms with van der Waals surface area (Å²) >= 11 is 0. The summed E-state index contributed by atoms with van der Waals surface area (Å²) < 4.78 is 26.0. The highest BCUT2D eigenvalue weighted by Crippen LogP contribution is 2.29. The van der Waals surface area contributed by atoms with Gasteiger partial charge in [-0.25, -0.2) is 8.42 Å². The molecule has 0 aliphatic carbocycles. The van der Waals surface area contributed by atoms with Gasteiger partial charge in [-0.05, 0) is 30.6 Å². The van der Waals surface area contributed by atoms with Crippen LogP contribution in [-0.4, -0.2) is 42.1 Å². The molecule has 1 aliphatic heterocycles. The number of aliphatic carboxylic acids is 1. The van der Waals surface area contributed by atoms with E-state index in [1.807, 2.05) is 27.7 Å². The van der Waals surface area contributed by atoms with Gasteiger partial charge in [-0.1, -0.05) is 34.1 Å². The van der Waals surface area contributed by atoms with E-state index in [-0.39, 0.29) is 11.2 Å². The number of carbonyl (C=O) groups is 1. The molecule has 0 saturated carbocycles. The topological polar surface area (TPSA) is 74.7 Å². The average Bonchev–Trinajstić information content (AvgIpc) is 2.35. The van der Waals surface area contributed by atoms with Gasteiger partial charge in [0, 0.05) is 6.54 Å². The maximum atomic E-state index is 12.4. The Morgan fingerprint density at radius 3 is 2.40 bits per heavy atom. The molecule has 1 fully saturated rings. The Balaban J connectivity index is 2.84. The first-order valence-corrected chi connectivity index (χ1v) is 8.90. The lowest BCUT2D eigenvalue weighted by Crippen LogP contribution is -2.50. The van der Waals surface area contributed by atoms with Crippen molar-refractivity contribution in [2.45, 2.75) is 59.4 Å². The van der Waals surface area contributed by atoms with Gasteiger partial charge >= 0.3 is 5.97 Å². The van der Waals surface area contributed by atoms with Crippen molar-refractivity contribution >= 4 is 16.0 Å². The van der Waals surface area contributed by atoms with Crippen LogP contribution < -0.4 is 0 Å². The molecule has 0 amide bonds. The molecule has 5 nitrogen and oxygen atoms in total. The minimum atomic E-state index is -3.49. The third-order valence-corrected chi connectivity index (χ3v) is 5.86. The first-order chi connectivity index (χ1) is 9.07. The summed E-state index contributed by atoms with van der Waals surface area (Å²) in [5.74, 6) is -0.690. The molecule has 0 bridgehead atoms.